The maximum atomic E-state index is 11.4. The highest BCUT2D eigenvalue weighted by molar-refractivity contribution is 5.76. The predicted molar refractivity (Wildman–Crippen MR) is 59.6 cm³/mol. The van der Waals surface area contributed by atoms with Crippen LogP contribution in [0.4, 0.5) is 5.69 Å². The number of hydrogen-bond acceptors (Lipinski definition) is 3. The van der Waals surface area contributed by atoms with Crippen molar-refractivity contribution in [3.05, 3.63) is 12.4 Å². The fraction of sp³-hybridized carbons (Fsp3) is 0.600. The van der Waals surface area contributed by atoms with E-state index in [-0.39, 0.29) is 11.9 Å². The van der Waals surface area contributed by atoms with Crippen LogP contribution in [0.1, 0.15) is 13.3 Å². The molecule has 5 nitrogen and oxygen atoms in total. The minimum Gasteiger partial charge on any atom is -0.380 e. The van der Waals surface area contributed by atoms with Gasteiger partial charge in [0.1, 0.15) is 0 Å². The molecule has 1 rings (SSSR count). The number of anilines is 1. The Morgan fingerprint density at radius 3 is 2.80 bits per heavy atom. The Kier molecular flexibility index (Phi) is 3.71. The van der Waals surface area contributed by atoms with Crippen LogP contribution >= 0.6 is 0 Å². The van der Waals surface area contributed by atoms with Gasteiger partial charge in [-0.15, -0.1) is 0 Å². The second-order valence-electron chi connectivity index (χ2n) is 3.94. The van der Waals surface area contributed by atoms with Gasteiger partial charge in [0, 0.05) is 39.8 Å². The minimum atomic E-state index is 0.115. The molecule has 15 heavy (non-hydrogen) atoms. The highest BCUT2D eigenvalue weighted by atomic mass is 16.2. The highest BCUT2D eigenvalue weighted by Gasteiger charge is 2.10. The van der Waals surface area contributed by atoms with Crippen molar-refractivity contribution in [2.45, 2.75) is 19.4 Å². The lowest BCUT2D eigenvalue weighted by atomic mass is 10.2. The zero-order valence-electron chi connectivity index (χ0n) is 9.69. The molecule has 0 aliphatic carbocycles. The van der Waals surface area contributed by atoms with Crippen LogP contribution in [0, 0.1) is 0 Å². The van der Waals surface area contributed by atoms with Gasteiger partial charge in [-0.2, -0.15) is 5.10 Å². The van der Waals surface area contributed by atoms with Crippen LogP contribution in [-0.4, -0.2) is 40.7 Å². The van der Waals surface area contributed by atoms with Crippen LogP contribution in [0.2, 0.25) is 0 Å². The number of aromatic nitrogens is 2. The first-order valence-corrected chi connectivity index (χ1v) is 4.94. The van der Waals surface area contributed by atoms with Gasteiger partial charge in [-0.3, -0.25) is 9.48 Å². The zero-order valence-corrected chi connectivity index (χ0v) is 9.69. The van der Waals surface area contributed by atoms with Crippen LogP contribution in [0.3, 0.4) is 0 Å². The van der Waals surface area contributed by atoms with Crippen LogP contribution in [0.15, 0.2) is 12.4 Å². The van der Waals surface area contributed by atoms with Gasteiger partial charge in [-0.25, -0.2) is 0 Å². The van der Waals surface area contributed by atoms with Crippen LogP contribution in [0.25, 0.3) is 0 Å². The summed E-state index contributed by atoms with van der Waals surface area (Å²) in [4.78, 5) is 13.0. The summed E-state index contributed by atoms with van der Waals surface area (Å²) in [5, 5.41) is 7.26. The van der Waals surface area contributed by atoms with E-state index < -0.39 is 0 Å². The zero-order chi connectivity index (χ0) is 11.4. The van der Waals surface area contributed by atoms with Crippen molar-refractivity contribution in [2.24, 2.45) is 7.05 Å². The standard InChI is InChI=1S/C10H18N4O/c1-8(5-10(15)13(2)3)12-9-6-11-14(4)7-9/h6-8,12H,5H2,1-4H3. The van der Waals surface area contributed by atoms with Gasteiger partial charge in [0.05, 0.1) is 11.9 Å². The summed E-state index contributed by atoms with van der Waals surface area (Å²) in [6, 6.07) is 0.115. The van der Waals surface area contributed by atoms with Crippen molar-refractivity contribution in [1.82, 2.24) is 14.7 Å². The van der Waals surface area contributed by atoms with Gasteiger partial charge in [-0.1, -0.05) is 0 Å². The Bertz CT molecular complexity index is 332. The van der Waals surface area contributed by atoms with E-state index in [9.17, 15) is 4.79 Å². The number of nitrogens with zero attached hydrogens (tertiary/aromatic N) is 3. The van der Waals surface area contributed by atoms with Gasteiger partial charge >= 0.3 is 0 Å². The normalized spacial score (nSPS) is 12.3. The molecule has 1 atom stereocenters. The number of carbonyl (C=O) groups excluding carboxylic acids is 1. The molecule has 1 heterocycles. The van der Waals surface area contributed by atoms with E-state index in [1.54, 1.807) is 29.9 Å². The highest BCUT2D eigenvalue weighted by Crippen LogP contribution is 2.07. The molecule has 1 aromatic heterocycles. The molecule has 0 saturated heterocycles. The molecule has 1 unspecified atom stereocenters. The fourth-order valence-corrected chi connectivity index (χ4v) is 1.28. The van der Waals surface area contributed by atoms with E-state index in [0.717, 1.165) is 5.69 Å². The molecule has 1 N–H and O–H groups in total. The number of carbonyl (C=O) groups is 1. The molecule has 0 bridgehead atoms. The Morgan fingerprint density at radius 1 is 1.67 bits per heavy atom. The third-order valence-corrected chi connectivity index (χ3v) is 2.10. The first-order chi connectivity index (χ1) is 6.99. The Balaban J connectivity index is 2.42. The van der Waals surface area contributed by atoms with Crippen LogP contribution in [-0.2, 0) is 11.8 Å². The van der Waals surface area contributed by atoms with E-state index in [1.807, 2.05) is 20.2 Å². The lowest BCUT2D eigenvalue weighted by Gasteiger charge is -2.16. The first kappa shape index (κ1) is 11.6. The summed E-state index contributed by atoms with van der Waals surface area (Å²) >= 11 is 0. The maximum Gasteiger partial charge on any atom is 0.224 e. The topological polar surface area (TPSA) is 50.2 Å². The second-order valence-corrected chi connectivity index (χ2v) is 3.94. The van der Waals surface area contributed by atoms with Crippen molar-refractivity contribution in [3.63, 3.8) is 0 Å². The van der Waals surface area contributed by atoms with Gasteiger partial charge in [0.25, 0.3) is 0 Å². The number of rotatable bonds is 4. The van der Waals surface area contributed by atoms with E-state index in [4.69, 9.17) is 0 Å². The van der Waals surface area contributed by atoms with Gasteiger partial charge < -0.3 is 10.2 Å². The first-order valence-electron chi connectivity index (χ1n) is 4.94. The third kappa shape index (κ3) is 3.61. The molecule has 1 amide bonds. The summed E-state index contributed by atoms with van der Waals surface area (Å²) in [5.74, 6) is 0.124. The molecular formula is C10H18N4O. The van der Waals surface area contributed by atoms with Crippen molar-refractivity contribution >= 4 is 11.6 Å². The summed E-state index contributed by atoms with van der Waals surface area (Å²) in [5.41, 5.74) is 0.941. The molecule has 0 aromatic carbocycles. The molecule has 1 aromatic rings. The van der Waals surface area contributed by atoms with Gasteiger partial charge in [0.2, 0.25) is 5.91 Å². The Labute approximate surface area is 90.1 Å². The van der Waals surface area contributed by atoms with E-state index in [2.05, 4.69) is 10.4 Å². The summed E-state index contributed by atoms with van der Waals surface area (Å²) < 4.78 is 1.73. The van der Waals surface area contributed by atoms with E-state index in [1.165, 1.54) is 0 Å². The maximum absolute atomic E-state index is 11.4. The molecule has 84 valence electrons. The largest absolute Gasteiger partial charge is 0.380 e. The quantitative estimate of drug-likeness (QED) is 0.795. The van der Waals surface area contributed by atoms with Gasteiger partial charge in [0.15, 0.2) is 0 Å². The summed E-state index contributed by atoms with van der Waals surface area (Å²) in [6.07, 6.45) is 4.12. The Hall–Kier alpha value is -1.52. The number of amides is 1. The Morgan fingerprint density at radius 2 is 2.33 bits per heavy atom. The monoisotopic (exact) mass is 210 g/mol. The third-order valence-electron chi connectivity index (χ3n) is 2.10. The fourth-order valence-electron chi connectivity index (χ4n) is 1.28. The minimum absolute atomic E-state index is 0.115. The molecule has 0 aliphatic rings. The van der Waals surface area contributed by atoms with Crippen molar-refractivity contribution in [3.8, 4) is 0 Å². The second kappa shape index (κ2) is 4.82. The summed E-state index contributed by atoms with van der Waals surface area (Å²) in [6.45, 7) is 1.98. The smallest absolute Gasteiger partial charge is 0.224 e. The van der Waals surface area contributed by atoms with E-state index >= 15 is 0 Å². The average Bonchev–Trinajstić information content (AvgIpc) is 2.50. The average molecular weight is 210 g/mol. The number of nitrogens with one attached hydrogen (secondary N) is 1. The number of aryl methyl sites for hydroxylation is 1. The SMILES string of the molecule is CC(CC(=O)N(C)C)Nc1cnn(C)c1. The van der Waals surface area contributed by atoms with Crippen molar-refractivity contribution < 1.29 is 4.79 Å². The lowest BCUT2D eigenvalue weighted by molar-refractivity contribution is -0.128. The van der Waals surface area contributed by atoms with Crippen LogP contribution in [0.5, 0.6) is 0 Å². The molecule has 0 fully saturated rings. The van der Waals surface area contributed by atoms with E-state index in [0.29, 0.717) is 6.42 Å². The van der Waals surface area contributed by atoms with Crippen molar-refractivity contribution in [2.75, 3.05) is 19.4 Å². The summed E-state index contributed by atoms with van der Waals surface area (Å²) in [7, 11) is 5.39. The molecule has 0 radical (unpaired) electrons. The van der Waals surface area contributed by atoms with Crippen molar-refractivity contribution in [1.29, 1.82) is 0 Å². The van der Waals surface area contributed by atoms with Gasteiger partial charge in [-0.05, 0) is 6.92 Å². The molecule has 0 saturated carbocycles. The predicted octanol–water partition coefficient (Wildman–Crippen LogP) is 0.699. The van der Waals surface area contributed by atoms with Crippen LogP contribution < -0.4 is 5.32 Å². The number of hydrogen-bond donors (Lipinski definition) is 1. The molecule has 0 spiro atoms. The molecule has 0 aliphatic heterocycles. The molecule has 5 heteroatoms. The lowest BCUT2D eigenvalue weighted by Crippen LogP contribution is -2.28. The molecular weight excluding hydrogens is 192 g/mol.